The number of nitrogens with one attached hydrogen (secondary N) is 1. The van der Waals surface area contributed by atoms with Crippen LogP contribution in [0.3, 0.4) is 0 Å². The standard InChI is InChI=1S/C16H25NO4/c1-2-3-12-21-15-7-5-14(6-8-15)16(19)17-9-4-11-20-13-10-18/h5-8,18H,2-4,9-13H2,1H3,(H,17,19). The van der Waals surface area contributed by atoms with Gasteiger partial charge in [0.2, 0.25) is 0 Å². The Kier molecular flexibility index (Phi) is 9.24. The van der Waals surface area contributed by atoms with Gasteiger partial charge in [-0.3, -0.25) is 4.79 Å². The molecule has 1 aromatic rings. The Hall–Kier alpha value is -1.59. The number of rotatable bonds is 11. The van der Waals surface area contributed by atoms with Crippen molar-refractivity contribution in [2.24, 2.45) is 0 Å². The molecule has 0 saturated heterocycles. The molecule has 118 valence electrons. The Labute approximate surface area is 126 Å². The minimum atomic E-state index is -0.0998. The Bertz CT molecular complexity index is 392. The van der Waals surface area contributed by atoms with E-state index in [0.717, 1.165) is 25.0 Å². The summed E-state index contributed by atoms with van der Waals surface area (Å²) in [4.78, 5) is 11.9. The Morgan fingerprint density at radius 2 is 1.90 bits per heavy atom. The molecule has 2 N–H and O–H groups in total. The maximum absolute atomic E-state index is 11.9. The van der Waals surface area contributed by atoms with Crippen molar-refractivity contribution in [2.45, 2.75) is 26.2 Å². The summed E-state index contributed by atoms with van der Waals surface area (Å²) in [6, 6.07) is 7.15. The molecule has 0 heterocycles. The molecule has 1 aromatic carbocycles. The maximum atomic E-state index is 11.9. The van der Waals surface area contributed by atoms with Gasteiger partial charge in [-0.2, -0.15) is 0 Å². The van der Waals surface area contributed by atoms with E-state index in [9.17, 15) is 4.79 Å². The fourth-order valence-electron chi connectivity index (χ4n) is 1.68. The second-order valence-corrected chi connectivity index (χ2v) is 4.67. The lowest BCUT2D eigenvalue weighted by atomic mass is 10.2. The molecular formula is C16H25NO4. The van der Waals surface area contributed by atoms with Crippen LogP contribution in [0.5, 0.6) is 5.75 Å². The molecule has 21 heavy (non-hydrogen) atoms. The number of hydrogen-bond donors (Lipinski definition) is 2. The van der Waals surface area contributed by atoms with Gasteiger partial charge in [-0.1, -0.05) is 13.3 Å². The summed E-state index contributed by atoms with van der Waals surface area (Å²) in [5.74, 6) is 0.690. The molecule has 1 rings (SSSR count). The van der Waals surface area contributed by atoms with Gasteiger partial charge in [0.25, 0.3) is 5.91 Å². The van der Waals surface area contributed by atoms with E-state index in [0.29, 0.717) is 31.9 Å². The molecule has 0 aliphatic heterocycles. The van der Waals surface area contributed by atoms with Crippen molar-refractivity contribution in [3.05, 3.63) is 29.8 Å². The predicted octanol–water partition coefficient (Wildman–Crippen LogP) is 1.99. The molecule has 0 aliphatic rings. The van der Waals surface area contributed by atoms with Crippen molar-refractivity contribution in [1.82, 2.24) is 5.32 Å². The second kappa shape index (κ2) is 11.1. The molecule has 0 aromatic heterocycles. The van der Waals surface area contributed by atoms with E-state index in [4.69, 9.17) is 14.6 Å². The first-order chi connectivity index (χ1) is 10.3. The lowest BCUT2D eigenvalue weighted by Gasteiger charge is -2.08. The first-order valence-electron chi connectivity index (χ1n) is 7.47. The normalized spacial score (nSPS) is 10.4. The van der Waals surface area contributed by atoms with E-state index in [1.54, 1.807) is 12.1 Å². The molecule has 1 amide bonds. The number of benzene rings is 1. The number of unbranched alkanes of at least 4 members (excludes halogenated alkanes) is 1. The number of aliphatic hydroxyl groups excluding tert-OH is 1. The first-order valence-corrected chi connectivity index (χ1v) is 7.47. The molecular weight excluding hydrogens is 270 g/mol. The number of carbonyl (C=O) groups excluding carboxylic acids is 1. The molecule has 0 unspecified atom stereocenters. The number of ether oxygens (including phenoxy) is 2. The minimum Gasteiger partial charge on any atom is -0.494 e. The molecule has 0 aliphatic carbocycles. The van der Waals surface area contributed by atoms with Gasteiger partial charge in [-0.25, -0.2) is 0 Å². The highest BCUT2D eigenvalue weighted by Crippen LogP contribution is 2.12. The van der Waals surface area contributed by atoms with Gasteiger partial charge >= 0.3 is 0 Å². The van der Waals surface area contributed by atoms with E-state index >= 15 is 0 Å². The predicted molar refractivity (Wildman–Crippen MR) is 81.7 cm³/mol. The summed E-state index contributed by atoms with van der Waals surface area (Å²) in [5, 5.41) is 11.4. The van der Waals surface area contributed by atoms with E-state index in [2.05, 4.69) is 12.2 Å². The average Bonchev–Trinajstić information content (AvgIpc) is 2.51. The van der Waals surface area contributed by atoms with Crippen LogP contribution in [0.15, 0.2) is 24.3 Å². The molecule has 0 bridgehead atoms. The lowest BCUT2D eigenvalue weighted by molar-refractivity contribution is 0.0867. The number of hydrogen-bond acceptors (Lipinski definition) is 4. The SMILES string of the molecule is CCCCOc1ccc(C(=O)NCCCOCCO)cc1. The van der Waals surface area contributed by atoms with Crippen molar-refractivity contribution in [2.75, 3.05) is 33.0 Å². The van der Waals surface area contributed by atoms with Crippen LogP contribution in [0.2, 0.25) is 0 Å². The Morgan fingerprint density at radius 1 is 1.14 bits per heavy atom. The Morgan fingerprint density at radius 3 is 2.57 bits per heavy atom. The van der Waals surface area contributed by atoms with Crippen molar-refractivity contribution >= 4 is 5.91 Å². The second-order valence-electron chi connectivity index (χ2n) is 4.67. The van der Waals surface area contributed by atoms with E-state index in [1.165, 1.54) is 0 Å². The molecule has 0 spiro atoms. The van der Waals surface area contributed by atoms with E-state index in [1.807, 2.05) is 12.1 Å². The smallest absolute Gasteiger partial charge is 0.251 e. The fraction of sp³-hybridized carbons (Fsp3) is 0.562. The monoisotopic (exact) mass is 295 g/mol. The quantitative estimate of drug-likeness (QED) is 0.613. The van der Waals surface area contributed by atoms with Crippen molar-refractivity contribution in [3.8, 4) is 5.75 Å². The fourth-order valence-corrected chi connectivity index (χ4v) is 1.68. The van der Waals surface area contributed by atoms with Crippen LogP contribution >= 0.6 is 0 Å². The number of carbonyl (C=O) groups is 1. The summed E-state index contributed by atoms with van der Waals surface area (Å²) < 4.78 is 10.7. The van der Waals surface area contributed by atoms with Crippen molar-refractivity contribution in [1.29, 1.82) is 0 Å². The maximum Gasteiger partial charge on any atom is 0.251 e. The summed E-state index contributed by atoms with van der Waals surface area (Å²) in [5.41, 5.74) is 0.620. The average molecular weight is 295 g/mol. The molecule has 0 atom stereocenters. The van der Waals surface area contributed by atoms with Crippen LogP contribution in [0.25, 0.3) is 0 Å². The van der Waals surface area contributed by atoms with Gasteiger partial charge in [-0.05, 0) is 37.1 Å². The summed E-state index contributed by atoms with van der Waals surface area (Å²) >= 11 is 0. The molecule has 0 radical (unpaired) electrons. The van der Waals surface area contributed by atoms with Gasteiger partial charge in [0.1, 0.15) is 5.75 Å². The van der Waals surface area contributed by atoms with Gasteiger partial charge in [0.15, 0.2) is 0 Å². The number of amides is 1. The third-order valence-electron chi connectivity index (χ3n) is 2.87. The zero-order valence-electron chi connectivity index (χ0n) is 12.6. The third kappa shape index (κ3) is 7.68. The zero-order chi connectivity index (χ0) is 15.3. The molecule has 5 heteroatoms. The third-order valence-corrected chi connectivity index (χ3v) is 2.87. The lowest BCUT2D eigenvalue weighted by Crippen LogP contribution is -2.25. The van der Waals surface area contributed by atoms with Crippen LogP contribution in [-0.4, -0.2) is 44.0 Å². The topological polar surface area (TPSA) is 67.8 Å². The summed E-state index contributed by atoms with van der Waals surface area (Å²) in [6.45, 7) is 4.28. The Balaban J connectivity index is 2.24. The summed E-state index contributed by atoms with van der Waals surface area (Å²) in [6.07, 6.45) is 2.85. The van der Waals surface area contributed by atoms with Gasteiger partial charge < -0.3 is 19.9 Å². The van der Waals surface area contributed by atoms with Crippen LogP contribution in [-0.2, 0) is 4.74 Å². The molecule has 5 nitrogen and oxygen atoms in total. The van der Waals surface area contributed by atoms with Crippen molar-refractivity contribution in [3.63, 3.8) is 0 Å². The molecule has 0 saturated carbocycles. The van der Waals surface area contributed by atoms with E-state index < -0.39 is 0 Å². The summed E-state index contributed by atoms with van der Waals surface area (Å²) in [7, 11) is 0. The van der Waals surface area contributed by atoms with Crippen LogP contribution in [0, 0.1) is 0 Å². The number of aliphatic hydroxyl groups is 1. The highest BCUT2D eigenvalue weighted by atomic mass is 16.5. The highest BCUT2D eigenvalue weighted by Gasteiger charge is 2.04. The zero-order valence-corrected chi connectivity index (χ0v) is 12.6. The van der Waals surface area contributed by atoms with Crippen LogP contribution in [0.4, 0.5) is 0 Å². The minimum absolute atomic E-state index is 0.0268. The van der Waals surface area contributed by atoms with Gasteiger partial charge in [0, 0.05) is 18.7 Å². The largest absolute Gasteiger partial charge is 0.494 e. The van der Waals surface area contributed by atoms with Gasteiger partial charge in [-0.15, -0.1) is 0 Å². The first kappa shape index (κ1) is 17.5. The van der Waals surface area contributed by atoms with Crippen molar-refractivity contribution < 1.29 is 19.4 Å². The van der Waals surface area contributed by atoms with Crippen LogP contribution in [0.1, 0.15) is 36.5 Å². The van der Waals surface area contributed by atoms with Crippen LogP contribution < -0.4 is 10.1 Å². The highest BCUT2D eigenvalue weighted by molar-refractivity contribution is 5.94. The molecule has 0 fully saturated rings. The van der Waals surface area contributed by atoms with Gasteiger partial charge in [0.05, 0.1) is 19.8 Å². The van der Waals surface area contributed by atoms with E-state index in [-0.39, 0.29) is 12.5 Å².